The first kappa shape index (κ1) is 9.57. The SMILES string of the molecule is CCCCC1=CC=CCCCC1. The second kappa shape index (κ2) is 6.05. The molecule has 0 heteroatoms. The van der Waals surface area contributed by atoms with Crippen molar-refractivity contribution in [2.45, 2.75) is 51.9 Å². The number of allylic oxidation sites excluding steroid dienone is 4. The molecule has 12 heavy (non-hydrogen) atoms. The Balaban J connectivity index is 2.36. The van der Waals surface area contributed by atoms with Crippen molar-refractivity contribution < 1.29 is 0 Å². The average Bonchev–Trinajstić information content (AvgIpc) is 2.02. The van der Waals surface area contributed by atoms with Gasteiger partial charge in [0.1, 0.15) is 0 Å². The zero-order chi connectivity index (χ0) is 8.65. The van der Waals surface area contributed by atoms with E-state index in [1.165, 1.54) is 44.9 Å². The van der Waals surface area contributed by atoms with Crippen molar-refractivity contribution in [3.63, 3.8) is 0 Å². The molecule has 0 fully saturated rings. The Hall–Kier alpha value is -0.520. The van der Waals surface area contributed by atoms with Crippen LogP contribution >= 0.6 is 0 Å². The van der Waals surface area contributed by atoms with Crippen LogP contribution in [0.4, 0.5) is 0 Å². The number of rotatable bonds is 3. The highest BCUT2D eigenvalue weighted by Gasteiger charge is 1.97. The maximum atomic E-state index is 2.33. The summed E-state index contributed by atoms with van der Waals surface area (Å²) in [5, 5.41) is 0. The third-order valence-electron chi connectivity index (χ3n) is 2.44. The smallest absolute Gasteiger partial charge is 0.0317 e. The molecule has 0 N–H and O–H groups in total. The average molecular weight is 164 g/mol. The summed E-state index contributed by atoms with van der Waals surface area (Å²) in [7, 11) is 0. The summed E-state index contributed by atoms with van der Waals surface area (Å²) in [4.78, 5) is 0. The van der Waals surface area contributed by atoms with Gasteiger partial charge in [0.25, 0.3) is 0 Å². The molecule has 0 amide bonds. The van der Waals surface area contributed by atoms with E-state index < -0.39 is 0 Å². The molecule has 0 saturated carbocycles. The van der Waals surface area contributed by atoms with Crippen LogP contribution in [-0.4, -0.2) is 0 Å². The van der Waals surface area contributed by atoms with Gasteiger partial charge in [0, 0.05) is 0 Å². The van der Waals surface area contributed by atoms with Gasteiger partial charge in [-0.2, -0.15) is 0 Å². The Morgan fingerprint density at radius 1 is 1.33 bits per heavy atom. The van der Waals surface area contributed by atoms with Crippen LogP contribution in [-0.2, 0) is 0 Å². The predicted octanol–water partition coefficient (Wildman–Crippen LogP) is 4.23. The van der Waals surface area contributed by atoms with Crippen LogP contribution in [0.2, 0.25) is 0 Å². The van der Waals surface area contributed by atoms with Crippen molar-refractivity contribution in [3.05, 3.63) is 23.8 Å². The van der Waals surface area contributed by atoms with Crippen LogP contribution in [0.5, 0.6) is 0 Å². The third kappa shape index (κ3) is 3.75. The van der Waals surface area contributed by atoms with Gasteiger partial charge < -0.3 is 0 Å². The molecule has 0 atom stereocenters. The standard InChI is InChI=1S/C12H20/c1-2-3-9-12-10-7-5-4-6-8-11-12/h5,7,10H,2-4,6,8-9,11H2,1H3. The first-order valence-electron chi connectivity index (χ1n) is 5.28. The summed E-state index contributed by atoms with van der Waals surface area (Å²) in [5.74, 6) is 0. The second-order valence-electron chi connectivity index (χ2n) is 3.60. The van der Waals surface area contributed by atoms with E-state index in [0.29, 0.717) is 0 Å². The molecule has 1 aliphatic rings. The van der Waals surface area contributed by atoms with Crippen molar-refractivity contribution in [3.8, 4) is 0 Å². The maximum Gasteiger partial charge on any atom is -0.0317 e. The van der Waals surface area contributed by atoms with Crippen LogP contribution in [0.1, 0.15) is 51.9 Å². The molecule has 0 heterocycles. The van der Waals surface area contributed by atoms with Crippen LogP contribution in [0.15, 0.2) is 23.8 Å². The highest BCUT2D eigenvalue weighted by atomic mass is 14.0. The van der Waals surface area contributed by atoms with Gasteiger partial charge in [-0.05, 0) is 38.5 Å². The fourth-order valence-corrected chi connectivity index (χ4v) is 1.61. The van der Waals surface area contributed by atoms with Crippen LogP contribution in [0, 0.1) is 0 Å². The van der Waals surface area contributed by atoms with Gasteiger partial charge in [0.2, 0.25) is 0 Å². The van der Waals surface area contributed by atoms with E-state index >= 15 is 0 Å². The highest BCUT2D eigenvalue weighted by Crippen LogP contribution is 2.17. The summed E-state index contributed by atoms with van der Waals surface area (Å²) >= 11 is 0. The minimum Gasteiger partial charge on any atom is -0.0845 e. The molecular weight excluding hydrogens is 144 g/mol. The van der Waals surface area contributed by atoms with Crippen molar-refractivity contribution >= 4 is 0 Å². The molecule has 0 radical (unpaired) electrons. The van der Waals surface area contributed by atoms with Crippen molar-refractivity contribution in [1.29, 1.82) is 0 Å². The van der Waals surface area contributed by atoms with E-state index in [-0.39, 0.29) is 0 Å². The lowest BCUT2D eigenvalue weighted by Gasteiger charge is -2.07. The van der Waals surface area contributed by atoms with E-state index in [1.54, 1.807) is 5.57 Å². The summed E-state index contributed by atoms with van der Waals surface area (Å²) < 4.78 is 0. The summed E-state index contributed by atoms with van der Waals surface area (Å²) in [5.41, 5.74) is 1.66. The van der Waals surface area contributed by atoms with Crippen LogP contribution in [0.3, 0.4) is 0 Å². The van der Waals surface area contributed by atoms with E-state index in [1.807, 2.05) is 0 Å². The Morgan fingerprint density at radius 3 is 3.08 bits per heavy atom. The van der Waals surface area contributed by atoms with Crippen LogP contribution in [0.25, 0.3) is 0 Å². The minimum absolute atomic E-state index is 1.28. The van der Waals surface area contributed by atoms with Crippen molar-refractivity contribution in [2.24, 2.45) is 0 Å². The second-order valence-corrected chi connectivity index (χ2v) is 3.60. The first-order valence-corrected chi connectivity index (χ1v) is 5.28. The number of hydrogen-bond donors (Lipinski definition) is 0. The van der Waals surface area contributed by atoms with Gasteiger partial charge in [0.05, 0.1) is 0 Å². The molecule has 1 aliphatic carbocycles. The minimum atomic E-state index is 1.28. The summed E-state index contributed by atoms with van der Waals surface area (Å²) in [6, 6.07) is 0. The molecule has 0 saturated heterocycles. The molecule has 0 aromatic heterocycles. The van der Waals surface area contributed by atoms with E-state index in [0.717, 1.165) is 0 Å². The van der Waals surface area contributed by atoms with E-state index in [9.17, 15) is 0 Å². The third-order valence-corrected chi connectivity index (χ3v) is 2.44. The lowest BCUT2D eigenvalue weighted by molar-refractivity contribution is 0.689. The largest absolute Gasteiger partial charge is 0.0845 e. The Morgan fingerprint density at radius 2 is 2.25 bits per heavy atom. The maximum absolute atomic E-state index is 2.33. The Kier molecular flexibility index (Phi) is 4.82. The fraction of sp³-hybridized carbons (Fsp3) is 0.667. The predicted molar refractivity (Wildman–Crippen MR) is 55.2 cm³/mol. The number of hydrogen-bond acceptors (Lipinski definition) is 0. The molecule has 0 bridgehead atoms. The molecule has 0 aromatic carbocycles. The topological polar surface area (TPSA) is 0 Å². The zero-order valence-corrected chi connectivity index (χ0v) is 8.18. The first-order chi connectivity index (χ1) is 5.93. The van der Waals surface area contributed by atoms with Crippen LogP contribution < -0.4 is 0 Å². The quantitative estimate of drug-likeness (QED) is 0.585. The molecular formula is C12H20. The molecule has 0 unspecified atom stereocenters. The molecule has 0 nitrogen and oxygen atoms in total. The lowest BCUT2D eigenvalue weighted by atomic mass is 9.99. The summed E-state index contributed by atoms with van der Waals surface area (Å²) in [6.07, 6.45) is 16.2. The Labute approximate surface area is 76.4 Å². The van der Waals surface area contributed by atoms with E-state index in [2.05, 4.69) is 25.2 Å². The molecule has 68 valence electrons. The Bertz CT molecular complexity index is 163. The van der Waals surface area contributed by atoms with Gasteiger partial charge in [-0.1, -0.05) is 37.1 Å². The zero-order valence-electron chi connectivity index (χ0n) is 8.18. The van der Waals surface area contributed by atoms with Crippen molar-refractivity contribution in [2.75, 3.05) is 0 Å². The highest BCUT2D eigenvalue weighted by molar-refractivity contribution is 5.13. The van der Waals surface area contributed by atoms with Gasteiger partial charge in [-0.15, -0.1) is 0 Å². The van der Waals surface area contributed by atoms with Crippen molar-refractivity contribution in [1.82, 2.24) is 0 Å². The normalized spacial score (nSPS) is 18.2. The molecule has 0 aromatic rings. The lowest BCUT2D eigenvalue weighted by Crippen LogP contribution is -1.87. The van der Waals surface area contributed by atoms with Gasteiger partial charge in [-0.3, -0.25) is 0 Å². The van der Waals surface area contributed by atoms with Gasteiger partial charge >= 0.3 is 0 Å². The summed E-state index contributed by atoms with van der Waals surface area (Å²) in [6.45, 7) is 2.26. The van der Waals surface area contributed by atoms with Gasteiger partial charge in [0.15, 0.2) is 0 Å². The van der Waals surface area contributed by atoms with Gasteiger partial charge in [-0.25, -0.2) is 0 Å². The molecule has 0 spiro atoms. The number of unbranched alkanes of at least 4 members (excludes halogenated alkanes) is 1. The monoisotopic (exact) mass is 164 g/mol. The molecule has 1 rings (SSSR count). The van der Waals surface area contributed by atoms with E-state index in [4.69, 9.17) is 0 Å². The molecule has 0 aliphatic heterocycles. The fourth-order valence-electron chi connectivity index (χ4n) is 1.61.